The zero-order valence-corrected chi connectivity index (χ0v) is 13.8. The molecule has 130 valence electrons. The Bertz CT molecular complexity index is 974. The predicted octanol–water partition coefficient (Wildman–Crippen LogP) is 2.46. The molecular weight excluding hydrogens is 326 g/mol. The lowest BCUT2D eigenvalue weighted by atomic mass is 10.2. The van der Waals surface area contributed by atoms with Crippen LogP contribution < -0.4 is 5.69 Å². The maximum Gasteiger partial charge on any atom is 0.330 e. The Morgan fingerprint density at radius 2 is 2.00 bits per heavy atom. The van der Waals surface area contributed by atoms with E-state index in [0.29, 0.717) is 24.3 Å². The summed E-state index contributed by atoms with van der Waals surface area (Å²) < 4.78 is 30.1. The first-order chi connectivity index (χ1) is 12.0. The third-order valence-corrected chi connectivity index (χ3v) is 4.79. The van der Waals surface area contributed by atoms with Crippen LogP contribution in [0.3, 0.4) is 0 Å². The Labute approximate surface area is 143 Å². The lowest BCUT2D eigenvalue weighted by Crippen LogP contribution is -2.28. The fourth-order valence-corrected chi connectivity index (χ4v) is 3.65. The molecule has 1 fully saturated rings. The van der Waals surface area contributed by atoms with Crippen molar-refractivity contribution in [2.24, 2.45) is 7.05 Å². The Morgan fingerprint density at radius 3 is 2.76 bits per heavy atom. The molecule has 25 heavy (non-hydrogen) atoms. The third-order valence-electron chi connectivity index (χ3n) is 4.79. The summed E-state index contributed by atoms with van der Waals surface area (Å²) in [7, 11) is 1.74. The van der Waals surface area contributed by atoms with E-state index in [-0.39, 0.29) is 11.7 Å². The Kier molecular flexibility index (Phi) is 3.88. The van der Waals surface area contributed by atoms with E-state index in [4.69, 9.17) is 0 Å². The van der Waals surface area contributed by atoms with Crippen molar-refractivity contribution in [2.45, 2.75) is 19.0 Å². The molecule has 3 heterocycles. The van der Waals surface area contributed by atoms with Gasteiger partial charge in [-0.2, -0.15) is 0 Å². The highest BCUT2D eigenvalue weighted by Gasteiger charge is 2.28. The van der Waals surface area contributed by atoms with E-state index in [1.807, 2.05) is 12.1 Å². The Balaban J connectivity index is 1.59. The highest BCUT2D eigenvalue weighted by atomic mass is 19.1. The molecule has 1 saturated heterocycles. The molecule has 1 aliphatic heterocycles. The molecule has 3 aromatic rings. The number of nitrogens with zero attached hydrogens (tertiary/aromatic N) is 4. The van der Waals surface area contributed by atoms with Gasteiger partial charge in [-0.25, -0.2) is 18.6 Å². The summed E-state index contributed by atoms with van der Waals surface area (Å²) in [5.41, 5.74) is 2.00. The van der Waals surface area contributed by atoms with Crippen molar-refractivity contribution in [1.82, 2.24) is 19.0 Å². The average Bonchev–Trinajstić information content (AvgIpc) is 3.10. The van der Waals surface area contributed by atoms with Gasteiger partial charge in [-0.1, -0.05) is 0 Å². The van der Waals surface area contributed by atoms with Gasteiger partial charge in [0, 0.05) is 38.9 Å². The normalized spacial score (nSPS) is 18.3. The molecule has 0 radical (unpaired) electrons. The fourth-order valence-electron chi connectivity index (χ4n) is 3.65. The van der Waals surface area contributed by atoms with Gasteiger partial charge in [0.05, 0.1) is 11.6 Å². The molecule has 1 atom stereocenters. The topological polar surface area (TPSA) is 43.1 Å². The van der Waals surface area contributed by atoms with Gasteiger partial charge in [-0.15, -0.1) is 0 Å². The van der Waals surface area contributed by atoms with Gasteiger partial charge in [0.15, 0.2) is 5.65 Å². The Hall–Kier alpha value is -2.54. The highest BCUT2D eigenvalue weighted by Crippen LogP contribution is 2.25. The fraction of sp³-hybridized carbons (Fsp3) is 0.333. The van der Waals surface area contributed by atoms with Crippen molar-refractivity contribution in [3.8, 4) is 0 Å². The van der Waals surface area contributed by atoms with Crippen molar-refractivity contribution < 1.29 is 8.78 Å². The van der Waals surface area contributed by atoms with E-state index in [0.717, 1.165) is 24.5 Å². The van der Waals surface area contributed by atoms with Crippen LogP contribution >= 0.6 is 0 Å². The van der Waals surface area contributed by atoms with Gasteiger partial charge in [0.1, 0.15) is 11.6 Å². The van der Waals surface area contributed by atoms with Crippen molar-refractivity contribution in [3.05, 3.63) is 64.2 Å². The molecule has 1 aliphatic rings. The first-order valence-electron chi connectivity index (χ1n) is 8.22. The third kappa shape index (κ3) is 2.84. The number of aromatic nitrogens is 3. The predicted molar refractivity (Wildman–Crippen MR) is 90.3 cm³/mol. The van der Waals surface area contributed by atoms with E-state index in [2.05, 4.69) is 9.88 Å². The van der Waals surface area contributed by atoms with Crippen LogP contribution in [0.2, 0.25) is 0 Å². The minimum atomic E-state index is -0.569. The van der Waals surface area contributed by atoms with Crippen molar-refractivity contribution in [2.75, 3.05) is 13.1 Å². The summed E-state index contributed by atoms with van der Waals surface area (Å²) in [5.74, 6) is -1.14. The van der Waals surface area contributed by atoms with E-state index in [1.54, 1.807) is 22.4 Å². The molecule has 5 nitrogen and oxygen atoms in total. The van der Waals surface area contributed by atoms with Gasteiger partial charge >= 0.3 is 5.69 Å². The van der Waals surface area contributed by atoms with Crippen LogP contribution in [0.4, 0.5) is 8.78 Å². The second-order valence-corrected chi connectivity index (χ2v) is 6.51. The van der Waals surface area contributed by atoms with Crippen LogP contribution in [-0.4, -0.2) is 32.1 Å². The number of benzene rings is 1. The SMILES string of the molecule is Cn1c(=O)n([C@@H]2CCN(Cc3cc(F)cc(F)c3)C2)c2ncccc21. The number of pyridine rings is 1. The van der Waals surface area contributed by atoms with E-state index >= 15 is 0 Å². The quantitative estimate of drug-likeness (QED) is 0.733. The molecule has 2 aromatic heterocycles. The molecule has 0 N–H and O–H groups in total. The molecule has 0 bridgehead atoms. The molecule has 1 aromatic carbocycles. The standard InChI is InChI=1S/C18H18F2N4O/c1-22-16-3-2-5-21-17(16)24(18(22)25)15-4-6-23(11-15)10-12-7-13(19)9-14(20)8-12/h2-3,5,7-9,15H,4,6,10-11H2,1H3/t15-/m1/s1. The minimum absolute atomic E-state index is 0.00417. The number of imidazole rings is 1. The summed E-state index contributed by atoms with van der Waals surface area (Å²) in [4.78, 5) is 19.1. The van der Waals surface area contributed by atoms with Gasteiger partial charge in [-0.3, -0.25) is 14.0 Å². The summed E-state index contributed by atoms with van der Waals surface area (Å²) in [5, 5.41) is 0. The summed E-state index contributed by atoms with van der Waals surface area (Å²) in [6.07, 6.45) is 2.48. The van der Waals surface area contributed by atoms with Crippen LogP contribution in [0, 0.1) is 11.6 Å². The Morgan fingerprint density at radius 1 is 1.24 bits per heavy atom. The highest BCUT2D eigenvalue weighted by molar-refractivity contribution is 5.71. The largest absolute Gasteiger partial charge is 0.330 e. The van der Waals surface area contributed by atoms with Gasteiger partial charge in [-0.05, 0) is 36.2 Å². The molecule has 0 saturated carbocycles. The molecule has 7 heteroatoms. The first-order valence-corrected chi connectivity index (χ1v) is 8.22. The molecule has 0 unspecified atom stereocenters. The number of rotatable bonds is 3. The number of halogens is 2. The van der Waals surface area contributed by atoms with Gasteiger partial charge < -0.3 is 0 Å². The van der Waals surface area contributed by atoms with Gasteiger partial charge in [0.25, 0.3) is 0 Å². The lowest BCUT2D eigenvalue weighted by molar-refractivity contribution is 0.314. The number of likely N-dealkylation sites (tertiary alicyclic amines) is 1. The summed E-state index contributed by atoms with van der Waals surface area (Å²) >= 11 is 0. The maximum atomic E-state index is 13.4. The number of fused-ring (bicyclic) bond motifs is 1. The molecule has 0 amide bonds. The second-order valence-electron chi connectivity index (χ2n) is 6.51. The van der Waals surface area contributed by atoms with Crippen LogP contribution in [0.15, 0.2) is 41.3 Å². The zero-order valence-electron chi connectivity index (χ0n) is 13.8. The summed E-state index contributed by atoms with van der Waals surface area (Å²) in [6.45, 7) is 1.87. The number of aryl methyl sites for hydroxylation is 1. The first kappa shape index (κ1) is 16.0. The smallest absolute Gasteiger partial charge is 0.297 e. The number of hydrogen-bond donors (Lipinski definition) is 0. The molecular formula is C18H18F2N4O. The van der Waals surface area contributed by atoms with Crippen molar-refractivity contribution in [1.29, 1.82) is 0 Å². The number of hydrogen-bond acceptors (Lipinski definition) is 3. The van der Waals surface area contributed by atoms with Crippen LogP contribution in [0.25, 0.3) is 11.2 Å². The zero-order chi connectivity index (χ0) is 17.6. The second kappa shape index (κ2) is 6.07. The van der Waals surface area contributed by atoms with Crippen LogP contribution in [0.5, 0.6) is 0 Å². The van der Waals surface area contributed by atoms with Crippen molar-refractivity contribution in [3.63, 3.8) is 0 Å². The van der Waals surface area contributed by atoms with Crippen molar-refractivity contribution >= 4 is 11.2 Å². The maximum absolute atomic E-state index is 13.4. The lowest BCUT2D eigenvalue weighted by Gasteiger charge is -2.16. The molecule has 0 aliphatic carbocycles. The monoisotopic (exact) mass is 344 g/mol. The van der Waals surface area contributed by atoms with Gasteiger partial charge in [0.2, 0.25) is 0 Å². The van der Waals surface area contributed by atoms with E-state index < -0.39 is 11.6 Å². The molecule has 4 rings (SSSR count). The van der Waals surface area contributed by atoms with E-state index in [9.17, 15) is 13.6 Å². The molecule has 0 spiro atoms. The van der Waals surface area contributed by atoms with E-state index in [1.165, 1.54) is 12.1 Å². The average molecular weight is 344 g/mol. The minimum Gasteiger partial charge on any atom is -0.297 e. The van der Waals surface area contributed by atoms with Crippen LogP contribution in [-0.2, 0) is 13.6 Å². The van der Waals surface area contributed by atoms with Crippen LogP contribution in [0.1, 0.15) is 18.0 Å². The summed E-state index contributed by atoms with van der Waals surface area (Å²) in [6, 6.07) is 7.26.